The van der Waals surface area contributed by atoms with Crippen LogP contribution in [-0.2, 0) is 6.42 Å². The number of hydrogen-bond acceptors (Lipinski definition) is 7. The van der Waals surface area contributed by atoms with Gasteiger partial charge in [0, 0.05) is 23.9 Å². The molecule has 0 atom stereocenters. The van der Waals surface area contributed by atoms with Crippen molar-refractivity contribution in [2.24, 2.45) is 0 Å². The van der Waals surface area contributed by atoms with E-state index in [0.29, 0.717) is 18.2 Å². The number of nitrogens with zero attached hydrogens (tertiary/aromatic N) is 3. The summed E-state index contributed by atoms with van der Waals surface area (Å²) in [6.07, 6.45) is 0.736. The standard InChI is InChI=1S/C18H15N5OS2/c24-16-15(14-7-4-10-25-14)22-23-18(21-16)19-9-8-13-11-26-17(20-13)12-5-2-1-3-6-12/h1-7,10-11H,8-9H2,(H2,19,21,23,24). The zero-order valence-corrected chi connectivity index (χ0v) is 15.3. The van der Waals surface area contributed by atoms with Crippen molar-refractivity contribution in [2.75, 3.05) is 11.9 Å². The molecule has 0 radical (unpaired) electrons. The molecule has 0 saturated heterocycles. The maximum absolute atomic E-state index is 12.1. The smallest absolute Gasteiger partial charge is 0.279 e. The second-order valence-electron chi connectivity index (χ2n) is 5.52. The van der Waals surface area contributed by atoms with Crippen molar-refractivity contribution in [3.63, 3.8) is 0 Å². The van der Waals surface area contributed by atoms with Gasteiger partial charge >= 0.3 is 0 Å². The number of rotatable bonds is 6. The summed E-state index contributed by atoms with van der Waals surface area (Å²) in [6, 6.07) is 13.8. The van der Waals surface area contributed by atoms with Crippen molar-refractivity contribution in [1.29, 1.82) is 0 Å². The Balaban J connectivity index is 1.37. The zero-order valence-electron chi connectivity index (χ0n) is 13.7. The van der Waals surface area contributed by atoms with E-state index in [0.717, 1.165) is 27.6 Å². The molecule has 1 aromatic carbocycles. The van der Waals surface area contributed by atoms with Crippen molar-refractivity contribution in [2.45, 2.75) is 6.42 Å². The third-order valence-electron chi connectivity index (χ3n) is 3.70. The highest BCUT2D eigenvalue weighted by molar-refractivity contribution is 7.13. The number of benzene rings is 1. The lowest BCUT2D eigenvalue weighted by Gasteiger charge is -2.03. The minimum Gasteiger partial charge on any atom is -0.354 e. The molecule has 0 aliphatic carbocycles. The molecular formula is C18H15N5OS2. The third kappa shape index (κ3) is 3.71. The highest BCUT2D eigenvalue weighted by Crippen LogP contribution is 2.23. The van der Waals surface area contributed by atoms with Gasteiger partial charge in [0.15, 0.2) is 5.69 Å². The molecule has 0 fully saturated rings. The van der Waals surface area contributed by atoms with Crippen LogP contribution in [0.25, 0.3) is 21.1 Å². The largest absolute Gasteiger partial charge is 0.354 e. The van der Waals surface area contributed by atoms with Crippen LogP contribution in [0.1, 0.15) is 5.69 Å². The van der Waals surface area contributed by atoms with Crippen LogP contribution in [0.2, 0.25) is 0 Å². The maximum atomic E-state index is 12.1. The van der Waals surface area contributed by atoms with Gasteiger partial charge in [0.05, 0.1) is 10.6 Å². The second kappa shape index (κ2) is 7.59. The number of aromatic nitrogens is 4. The molecule has 3 heterocycles. The molecule has 3 aromatic heterocycles. The van der Waals surface area contributed by atoms with Gasteiger partial charge in [-0.25, -0.2) is 4.98 Å². The Bertz CT molecular complexity index is 1040. The number of H-pyrrole nitrogens is 1. The fourth-order valence-corrected chi connectivity index (χ4v) is 4.00. The first-order valence-corrected chi connectivity index (χ1v) is 9.80. The summed E-state index contributed by atoms with van der Waals surface area (Å²) >= 11 is 3.09. The lowest BCUT2D eigenvalue weighted by molar-refractivity contribution is 0.906. The molecule has 4 rings (SSSR count). The SMILES string of the molecule is O=c1[nH]c(NCCc2csc(-c3ccccc3)n2)nnc1-c1cccs1. The van der Waals surface area contributed by atoms with E-state index >= 15 is 0 Å². The van der Waals surface area contributed by atoms with E-state index in [4.69, 9.17) is 0 Å². The fourth-order valence-electron chi connectivity index (χ4n) is 2.44. The summed E-state index contributed by atoms with van der Waals surface area (Å²) in [6.45, 7) is 0.612. The topological polar surface area (TPSA) is 83.6 Å². The van der Waals surface area contributed by atoms with Crippen LogP contribution < -0.4 is 10.9 Å². The van der Waals surface area contributed by atoms with Crippen LogP contribution in [0.5, 0.6) is 0 Å². The van der Waals surface area contributed by atoms with Gasteiger partial charge < -0.3 is 5.32 Å². The zero-order chi connectivity index (χ0) is 17.8. The average molecular weight is 381 g/mol. The molecule has 8 heteroatoms. The highest BCUT2D eigenvalue weighted by Gasteiger charge is 2.09. The Morgan fingerprint density at radius 2 is 1.92 bits per heavy atom. The van der Waals surface area contributed by atoms with E-state index in [9.17, 15) is 4.79 Å². The lowest BCUT2D eigenvalue weighted by atomic mass is 10.2. The second-order valence-corrected chi connectivity index (χ2v) is 7.32. The van der Waals surface area contributed by atoms with Gasteiger partial charge in [-0.3, -0.25) is 9.78 Å². The Kier molecular flexibility index (Phi) is 4.85. The molecule has 0 bridgehead atoms. The summed E-state index contributed by atoms with van der Waals surface area (Å²) in [4.78, 5) is 20.3. The lowest BCUT2D eigenvalue weighted by Crippen LogP contribution is -2.17. The van der Waals surface area contributed by atoms with Gasteiger partial charge in [-0.1, -0.05) is 36.4 Å². The molecule has 4 aromatic rings. The molecule has 0 amide bonds. The number of thiophene rings is 1. The third-order valence-corrected chi connectivity index (χ3v) is 5.51. The Morgan fingerprint density at radius 3 is 2.69 bits per heavy atom. The molecule has 6 nitrogen and oxygen atoms in total. The van der Waals surface area contributed by atoms with Gasteiger partial charge in [0.1, 0.15) is 5.01 Å². The number of anilines is 1. The van der Waals surface area contributed by atoms with E-state index in [-0.39, 0.29) is 5.56 Å². The molecule has 0 unspecified atom stereocenters. The first kappa shape index (κ1) is 16.6. The highest BCUT2D eigenvalue weighted by atomic mass is 32.1. The van der Waals surface area contributed by atoms with Crippen LogP contribution in [0.15, 0.2) is 58.0 Å². The van der Waals surface area contributed by atoms with E-state index in [1.165, 1.54) is 11.3 Å². The predicted octanol–water partition coefficient (Wildman–Crippen LogP) is 3.67. The number of nitrogens with one attached hydrogen (secondary N) is 2. The molecule has 0 aliphatic rings. The van der Waals surface area contributed by atoms with Gasteiger partial charge in [0.25, 0.3) is 5.56 Å². The number of thiazole rings is 1. The quantitative estimate of drug-likeness (QED) is 0.532. The number of hydrogen-bond donors (Lipinski definition) is 2. The number of aromatic amines is 1. The minimum absolute atomic E-state index is 0.245. The van der Waals surface area contributed by atoms with Crippen molar-refractivity contribution in [3.8, 4) is 21.1 Å². The van der Waals surface area contributed by atoms with E-state index < -0.39 is 0 Å². The monoisotopic (exact) mass is 381 g/mol. The Labute approximate surface area is 157 Å². The first-order chi connectivity index (χ1) is 12.8. The van der Waals surface area contributed by atoms with Crippen LogP contribution in [0, 0.1) is 0 Å². The molecule has 0 spiro atoms. The predicted molar refractivity (Wildman–Crippen MR) is 106 cm³/mol. The van der Waals surface area contributed by atoms with Crippen LogP contribution in [0.3, 0.4) is 0 Å². The summed E-state index contributed by atoms with van der Waals surface area (Å²) in [7, 11) is 0. The fraction of sp³-hybridized carbons (Fsp3) is 0.111. The van der Waals surface area contributed by atoms with Crippen LogP contribution in [0.4, 0.5) is 5.95 Å². The van der Waals surface area contributed by atoms with Gasteiger partial charge in [-0.2, -0.15) is 0 Å². The molecular weight excluding hydrogens is 366 g/mol. The van der Waals surface area contributed by atoms with Crippen molar-refractivity contribution in [3.05, 3.63) is 69.3 Å². The molecule has 0 saturated carbocycles. The van der Waals surface area contributed by atoms with Crippen LogP contribution >= 0.6 is 22.7 Å². The van der Waals surface area contributed by atoms with Gasteiger partial charge in [0.2, 0.25) is 5.95 Å². The normalized spacial score (nSPS) is 10.8. The van der Waals surface area contributed by atoms with Crippen LogP contribution in [-0.4, -0.2) is 26.7 Å². The molecule has 0 aliphatic heterocycles. The van der Waals surface area contributed by atoms with Crippen molar-refractivity contribution >= 4 is 28.6 Å². The molecule has 26 heavy (non-hydrogen) atoms. The van der Waals surface area contributed by atoms with Crippen molar-refractivity contribution < 1.29 is 0 Å². The van der Waals surface area contributed by atoms with Crippen molar-refractivity contribution in [1.82, 2.24) is 20.2 Å². The summed E-state index contributed by atoms with van der Waals surface area (Å²) < 4.78 is 0. The Hall–Kier alpha value is -2.84. The van der Waals surface area contributed by atoms with E-state index in [1.54, 1.807) is 11.3 Å². The summed E-state index contributed by atoms with van der Waals surface area (Å²) in [5.41, 5.74) is 2.23. The van der Waals surface area contributed by atoms with Gasteiger partial charge in [-0.05, 0) is 11.4 Å². The summed E-state index contributed by atoms with van der Waals surface area (Å²) in [5, 5.41) is 16.1. The average Bonchev–Trinajstić information content (AvgIpc) is 3.35. The molecule has 2 N–H and O–H groups in total. The minimum atomic E-state index is -0.245. The Morgan fingerprint density at radius 1 is 1.04 bits per heavy atom. The molecule has 130 valence electrons. The summed E-state index contributed by atoms with van der Waals surface area (Å²) in [5.74, 6) is 0.369. The maximum Gasteiger partial charge on any atom is 0.279 e. The van der Waals surface area contributed by atoms with E-state index in [2.05, 4.69) is 43.0 Å². The van der Waals surface area contributed by atoms with Gasteiger partial charge in [-0.15, -0.1) is 32.9 Å². The first-order valence-electron chi connectivity index (χ1n) is 8.04. The van der Waals surface area contributed by atoms with E-state index in [1.807, 2.05) is 35.7 Å².